The van der Waals surface area contributed by atoms with Crippen molar-refractivity contribution in [3.63, 3.8) is 0 Å². The summed E-state index contributed by atoms with van der Waals surface area (Å²) in [6.07, 6.45) is 0. The summed E-state index contributed by atoms with van der Waals surface area (Å²) in [6, 6.07) is 10.1. The molecule has 0 aliphatic rings. The van der Waals surface area contributed by atoms with Crippen molar-refractivity contribution in [3.8, 4) is 0 Å². The summed E-state index contributed by atoms with van der Waals surface area (Å²) in [6.45, 7) is 3.95. The second-order valence-electron chi connectivity index (χ2n) is 4.59. The largest absolute Gasteiger partial charge is 0.361 e. The number of nitrogens with zero attached hydrogens (tertiary/aromatic N) is 3. The number of benzene rings is 1. The Hall–Kier alpha value is -1.86. The summed E-state index contributed by atoms with van der Waals surface area (Å²) >= 11 is 3.13. The standard InChI is InChI=1S/C14H14N4OS2/c1-9-4-3-5-11(6-9)15-13-16-17-14(21-13)20-8-12-7-10(2)19-18-12/h3-7H,8H2,1-2H3,(H,15,16). The predicted octanol–water partition coefficient (Wildman–Crippen LogP) is 4.18. The second-order valence-corrected chi connectivity index (χ2v) is 6.79. The minimum absolute atomic E-state index is 0.733. The van der Waals surface area contributed by atoms with Gasteiger partial charge >= 0.3 is 0 Å². The molecule has 0 radical (unpaired) electrons. The minimum Gasteiger partial charge on any atom is -0.361 e. The summed E-state index contributed by atoms with van der Waals surface area (Å²) in [7, 11) is 0. The van der Waals surface area contributed by atoms with Crippen molar-refractivity contribution in [1.82, 2.24) is 15.4 Å². The van der Waals surface area contributed by atoms with Crippen molar-refractivity contribution in [2.45, 2.75) is 23.9 Å². The molecule has 1 aromatic carbocycles. The first-order chi connectivity index (χ1) is 10.2. The summed E-state index contributed by atoms with van der Waals surface area (Å²) in [5.41, 5.74) is 3.15. The van der Waals surface area contributed by atoms with Crippen LogP contribution in [-0.4, -0.2) is 15.4 Å². The fourth-order valence-electron chi connectivity index (χ4n) is 1.79. The Bertz CT molecular complexity index is 738. The van der Waals surface area contributed by atoms with Crippen LogP contribution in [0.1, 0.15) is 17.0 Å². The molecule has 0 aliphatic heterocycles. The monoisotopic (exact) mass is 318 g/mol. The third kappa shape index (κ3) is 3.83. The highest BCUT2D eigenvalue weighted by molar-refractivity contribution is 8.00. The van der Waals surface area contributed by atoms with Gasteiger partial charge in [0, 0.05) is 17.5 Å². The average molecular weight is 318 g/mol. The molecule has 2 heterocycles. The van der Waals surface area contributed by atoms with Crippen molar-refractivity contribution >= 4 is 33.9 Å². The van der Waals surface area contributed by atoms with Crippen LogP contribution in [0.15, 0.2) is 39.2 Å². The zero-order chi connectivity index (χ0) is 14.7. The topological polar surface area (TPSA) is 63.8 Å². The lowest BCUT2D eigenvalue weighted by atomic mass is 10.2. The van der Waals surface area contributed by atoms with Gasteiger partial charge in [0.1, 0.15) is 5.76 Å². The van der Waals surface area contributed by atoms with E-state index in [1.807, 2.05) is 25.1 Å². The summed E-state index contributed by atoms with van der Waals surface area (Å²) in [5.74, 6) is 1.56. The van der Waals surface area contributed by atoms with Gasteiger partial charge in [0.2, 0.25) is 5.13 Å². The van der Waals surface area contributed by atoms with E-state index in [-0.39, 0.29) is 0 Å². The Morgan fingerprint density at radius 1 is 1.24 bits per heavy atom. The van der Waals surface area contributed by atoms with Gasteiger partial charge in [-0.2, -0.15) is 0 Å². The zero-order valence-corrected chi connectivity index (χ0v) is 13.3. The van der Waals surface area contributed by atoms with Crippen LogP contribution < -0.4 is 5.32 Å². The molecule has 0 saturated heterocycles. The van der Waals surface area contributed by atoms with Crippen LogP contribution in [0.25, 0.3) is 0 Å². The van der Waals surface area contributed by atoms with Crippen molar-refractivity contribution in [2.24, 2.45) is 0 Å². The van der Waals surface area contributed by atoms with E-state index in [1.165, 1.54) is 16.9 Å². The molecule has 108 valence electrons. The number of aryl methyl sites for hydroxylation is 2. The van der Waals surface area contributed by atoms with Gasteiger partial charge in [-0.3, -0.25) is 0 Å². The molecule has 0 saturated carbocycles. The van der Waals surface area contributed by atoms with E-state index in [0.717, 1.165) is 32.4 Å². The van der Waals surface area contributed by atoms with Crippen LogP contribution in [0.3, 0.4) is 0 Å². The van der Waals surface area contributed by atoms with Crippen LogP contribution in [0.2, 0.25) is 0 Å². The number of anilines is 2. The lowest BCUT2D eigenvalue weighted by Crippen LogP contribution is -1.89. The summed E-state index contributed by atoms with van der Waals surface area (Å²) in [5, 5.41) is 16.3. The van der Waals surface area contributed by atoms with Gasteiger partial charge in [0.05, 0.1) is 5.69 Å². The Labute approximate surface area is 130 Å². The minimum atomic E-state index is 0.733. The molecule has 7 heteroatoms. The van der Waals surface area contributed by atoms with E-state index in [2.05, 4.69) is 39.7 Å². The maximum Gasteiger partial charge on any atom is 0.210 e. The van der Waals surface area contributed by atoms with Crippen molar-refractivity contribution in [1.29, 1.82) is 0 Å². The van der Waals surface area contributed by atoms with Crippen molar-refractivity contribution < 1.29 is 4.52 Å². The smallest absolute Gasteiger partial charge is 0.210 e. The lowest BCUT2D eigenvalue weighted by Gasteiger charge is -2.01. The molecule has 0 fully saturated rings. The first-order valence-electron chi connectivity index (χ1n) is 6.41. The Kier molecular flexibility index (Phi) is 4.21. The van der Waals surface area contributed by atoms with Gasteiger partial charge in [0.25, 0.3) is 0 Å². The Morgan fingerprint density at radius 3 is 2.90 bits per heavy atom. The van der Waals surface area contributed by atoms with Gasteiger partial charge < -0.3 is 9.84 Å². The molecule has 0 spiro atoms. The van der Waals surface area contributed by atoms with E-state index >= 15 is 0 Å². The summed E-state index contributed by atoms with van der Waals surface area (Å²) < 4.78 is 5.95. The lowest BCUT2D eigenvalue weighted by molar-refractivity contribution is 0.393. The number of rotatable bonds is 5. The maximum atomic E-state index is 5.04. The molecule has 0 unspecified atom stereocenters. The van der Waals surface area contributed by atoms with Crippen LogP contribution in [-0.2, 0) is 5.75 Å². The third-order valence-electron chi connectivity index (χ3n) is 2.70. The molecule has 1 N–H and O–H groups in total. The third-order valence-corrected chi connectivity index (χ3v) is 4.70. The maximum absolute atomic E-state index is 5.04. The van der Waals surface area contributed by atoms with Crippen LogP contribution in [0.5, 0.6) is 0 Å². The number of hydrogen-bond donors (Lipinski definition) is 1. The first-order valence-corrected chi connectivity index (χ1v) is 8.21. The fourth-order valence-corrected chi connectivity index (χ4v) is 3.44. The highest BCUT2D eigenvalue weighted by atomic mass is 32.2. The molecule has 21 heavy (non-hydrogen) atoms. The van der Waals surface area contributed by atoms with Gasteiger partial charge in [-0.25, -0.2) is 0 Å². The van der Waals surface area contributed by atoms with Gasteiger partial charge in [-0.1, -0.05) is 40.4 Å². The normalized spacial score (nSPS) is 10.8. The number of hydrogen-bond acceptors (Lipinski definition) is 7. The quantitative estimate of drug-likeness (QED) is 0.712. The Balaban J connectivity index is 1.61. The van der Waals surface area contributed by atoms with Gasteiger partial charge in [-0.15, -0.1) is 10.2 Å². The van der Waals surface area contributed by atoms with Crippen LogP contribution >= 0.6 is 23.1 Å². The van der Waals surface area contributed by atoms with Gasteiger partial charge in [-0.05, 0) is 31.5 Å². The Morgan fingerprint density at radius 2 is 2.14 bits per heavy atom. The van der Waals surface area contributed by atoms with Crippen LogP contribution in [0, 0.1) is 13.8 Å². The number of thioether (sulfide) groups is 1. The zero-order valence-electron chi connectivity index (χ0n) is 11.7. The molecule has 0 atom stereocenters. The van der Waals surface area contributed by atoms with E-state index in [4.69, 9.17) is 4.52 Å². The SMILES string of the molecule is Cc1cccc(Nc2nnc(SCc3cc(C)on3)s2)c1. The molecular weight excluding hydrogens is 304 g/mol. The highest BCUT2D eigenvalue weighted by Crippen LogP contribution is 2.29. The fraction of sp³-hybridized carbons (Fsp3) is 0.214. The van der Waals surface area contributed by atoms with E-state index in [9.17, 15) is 0 Å². The van der Waals surface area contributed by atoms with Crippen LogP contribution in [0.4, 0.5) is 10.8 Å². The molecule has 5 nitrogen and oxygen atoms in total. The molecule has 3 aromatic rings. The average Bonchev–Trinajstić information content (AvgIpc) is 3.06. The van der Waals surface area contributed by atoms with E-state index in [0.29, 0.717) is 0 Å². The molecule has 2 aromatic heterocycles. The predicted molar refractivity (Wildman–Crippen MR) is 85.2 cm³/mol. The highest BCUT2D eigenvalue weighted by Gasteiger charge is 2.07. The number of aromatic nitrogens is 3. The molecule has 0 aliphatic carbocycles. The molecule has 0 amide bonds. The van der Waals surface area contributed by atoms with E-state index < -0.39 is 0 Å². The second kappa shape index (κ2) is 6.28. The summed E-state index contributed by atoms with van der Waals surface area (Å²) in [4.78, 5) is 0. The van der Waals surface area contributed by atoms with E-state index in [1.54, 1.807) is 11.8 Å². The van der Waals surface area contributed by atoms with Crippen molar-refractivity contribution in [3.05, 3.63) is 47.3 Å². The van der Waals surface area contributed by atoms with Crippen molar-refractivity contribution in [2.75, 3.05) is 5.32 Å². The molecule has 0 bridgehead atoms. The number of nitrogens with one attached hydrogen (secondary N) is 1. The molecular formula is C14H14N4OS2. The first kappa shape index (κ1) is 14.1. The van der Waals surface area contributed by atoms with Gasteiger partial charge in [0.15, 0.2) is 4.34 Å². The molecule has 3 rings (SSSR count).